The zero-order valence-electron chi connectivity index (χ0n) is 10.9. The lowest BCUT2D eigenvalue weighted by molar-refractivity contribution is -0.188. The molecule has 1 atom stereocenters. The van der Waals surface area contributed by atoms with Crippen molar-refractivity contribution in [3.05, 3.63) is 12.3 Å². The van der Waals surface area contributed by atoms with Crippen molar-refractivity contribution in [2.75, 3.05) is 13.1 Å². The molecule has 0 radical (unpaired) electrons. The summed E-state index contributed by atoms with van der Waals surface area (Å²) in [6.45, 7) is 1.93. The van der Waals surface area contributed by atoms with Crippen LogP contribution in [-0.2, 0) is 9.53 Å². The maximum absolute atomic E-state index is 12.2. The lowest BCUT2D eigenvalue weighted by Gasteiger charge is -2.40. The van der Waals surface area contributed by atoms with Crippen LogP contribution in [0, 0.1) is 5.92 Å². The van der Waals surface area contributed by atoms with E-state index in [1.54, 1.807) is 0 Å². The molecular weight excluding hydrogens is 228 g/mol. The van der Waals surface area contributed by atoms with Crippen molar-refractivity contribution in [2.45, 2.75) is 51.2 Å². The Morgan fingerprint density at radius 1 is 1.11 bits per heavy atom. The molecule has 1 unspecified atom stereocenters. The fourth-order valence-corrected chi connectivity index (χ4v) is 3.22. The van der Waals surface area contributed by atoms with Crippen molar-refractivity contribution < 1.29 is 9.53 Å². The maximum atomic E-state index is 12.2. The van der Waals surface area contributed by atoms with Gasteiger partial charge in [-0.25, -0.2) is 0 Å². The third-order valence-corrected chi connectivity index (χ3v) is 4.26. The third-order valence-electron chi connectivity index (χ3n) is 4.26. The average Bonchev–Trinajstić information content (AvgIpc) is 2.89. The van der Waals surface area contributed by atoms with E-state index >= 15 is 0 Å². The highest BCUT2D eigenvalue weighted by atomic mass is 16.6. The molecule has 0 spiro atoms. The molecule has 2 heterocycles. The summed E-state index contributed by atoms with van der Waals surface area (Å²) in [6, 6.07) is 0. The van der Waals surface area contributed by atoms with E-state index in [0.717, 1.165) is 38.8 Å². The van der Waals surface area contributed by atoms with Crippen LogP contribution in [0.5, 0.6) is 0 Å². The number of rotatable bonds is 2. The van der Waals surface area contributed by atoms with E-state index in [0.29, 0.717) is 0 Å². The first-order chi connectivity index (χ1) is 8.84. The molecule has 2 fully saturated rings. The van der Waals surface area contributed by atoms with E-state index < -0.39 is 0 Å². The number of carbonyl (C=O) groups excluding carboxylic acids is 1. The predicted molar refractivity (Wildman–Crippen MR) is 68.2 cm³/mol. The molecule has 0 aromatic rings. The quantitative estimate of drug-likeness (QED) is 0.704. The summed E-state index contributed by atoms with van der Waals surface area (Å²) in [5.41, 5.74) is 0. The van der Waals surface area contributed by atoms with Gasteiger partial charge in [0.15, 0.2) is 6.23 Å². The summed E-state index contributed by atoms with van der Waals surface area (Å²) in [6.07, 6.45) is 11.9. The Bertz CT molecular complexity index is 337. The van der Waals surface area contributed by atoms with E-state index in [1.165, 1.54) is 19.3 Å². The molecule has 3 rings (SSSR count). The molecule has 0 amide bonds. The Morgan fingerprint density at radius 3 is 2.78 bits per heavy atom. The highest BCUT2D eigenvalue weighted by molar-refractivity contribution is 5.72. The standard InChI is InChI=1S/C14H22N2O2/c17-14(12-6-2-1-3-7-12)18-13-8-4-9-15-10-5-11-16(13)15/h5,10,12-13H,1-4,6-9,11H2. The van der Waals surface area contributed by atoms with Crippen LogP contribution in [-0.4, -0.2) is 35.3 Å². The zero-order valence-corrected chi connectivity index (χ0v) is 10.9. The lowest BCUT2D eigenvalue weighted by Crippen LogP contribution is -2.50. The van der Waals surface area contributed by atoms with Crippen LogP contribution >= 0.6 is 0 Å². The number of hydrogen-bond acceptors (Lipinski definition) is 4. The molecule has 0 N–H and O–H groups in total. The number of esters is 1. The molecule has 1 saturated carbocycles. The first-order valence-corrected chi connectivity index (χ1v) is 7.25. The highest BCUT2D eigenvalue weighted by Gasteiger charge is 2.33. The topological polar surface area (TPSA) is 32.8 Å². The van der Waals surface area contributed by atoms with Gasteiger partial charge >= 0.3 is 5.97 Å². The summed E-state index contributed by atoms with van der Waals surface area (Å²) in [4.78, 5) is 12.2. The van der Waals surface area contributed by atoms with Gasteiger partial charge in [0.25, 0.3) is 0 Å². The van der Waals surface area contributed by atoms with Crippen LogP contribution in [0.15, 0.2) is 12.3 Å². The van der Waals surface area contributed by atoms with Crippen molar-refractivity contribution in [3.63, 3.8) is 0 Å². The monoisotopic (exact) mass is 250 g/mol. The lowest BCUT2D eigenvalue weighted by atomic mass is 9.89. The van der Waals surface area contributed by atoms with Gasteiger partial charge in [0.2, 0.25) is 0 Å². The molecule has 1 aliphatic carbocycles. The normalized spacial score (nSPS) is 29.3. The van der Waals surface area contributed by atoms with Gasteiger partial charge in [-0.2, -0.15) is 5.01 Å². The average molecular weight is 250 g/mol. The van der Waals surface area contributed by atoms with Crippen LogP contribution < -0.4 is 0 Å². The van der Waals surface area contributed by atoms with Gasteiger partial charge in [-0.3, -0.25) is 4.79 Å². The Hall–Kier alpha value is -1.03. The molecule has 3 aliphatic rings. The van der Waals surface area contributed by atoms with E-state index in [4.69, 9.17) is 4.74 Å². The van der Waals surface area contributed by atoms with Crippen LogP contribution in [0.3, 0.4) is 0 Å². The van der Waals surface area contributed by atoms with Crippen molar-refractivity contribution in [1.29, 1.82) is 0 Å². The van der Waals surface area contributed by atoms with E-state index in [-0.39, 0.29) is 18.1 Å². The van der Waals surface area contributed by atoms with Gasteiger partial charge in [0.1, 0.15) is 0 Å². The first-order valence-electron chi connectivity index (χ1n) is 7.25. The molecule has 0 aromatic carbocycles. The number of nitrogens with zero attached hydrogens (tertiary/aromatic N) is 2. The van der Waals surface area contributed by atoms with E-state index in [1.807, 2.05) is 0 Å². The van der Waals surface area contributed by atoms with Crippen molar-refractivity contribution in [2.24, 2.45) is 5.92 Å². The third kappa shape index (κ3) is 2.39. The number of hydrogen-bond donors (Lipinski definition) is 0. The van der Waals surface area contributed by atoms with Crippen LogP contribution in [0.2, 0.25) is 0 Å². The Balaban J connectivity index is 1.56. The molecular formula is C14H22N2O2. The van der Waals surface area contributed by atoms with Gasteiger partial charge in [-0.05, 0) is 19.3 Å². The minimum Gasteiger partial charge on any atom is -0.444 e. The summed E-state index contributed by atoms with van der Waals surface area (Å²) < 4.78 is 5.75. The van der Waals surface area contributed by atoms with Gasteiger partial charge in [-0.1, -0.05) is 25.3 Å². The fourth-order valence-electron chi connectivity index (χ4n) is 3.22. The maximum Gasteiger partial charge on any atom is 0.310 e. The SMILES string of the molecule is O=C(OC1CCCN2C=CCN12)C1CCCCC1. The summed E-state index contributed by atoms with van der Waals surface area (Å²) >= 11 is 0. The van der Waals surface area contributed by atoms with Crippen LogP contribution in [0.25, 0.3) is 0 Å². The smallest absolute Gasteiger partial charge is 0.310 e. The highest BCUT2D eigenvalue weighted by Crippen LogP contribution is 2.28. The predicted octanol–water partition coefficient (Wildman–Crippen LogP) is 2.28. The molecule has 18 heavy (non-hydrogen) atoms. The molecule has 100 valence electrons. The fraction of sp³-hybridized carbons (Fsp3) is 0.786. The van der Waals surface area contributed by atoms with Crippen LogP contribution in [0.4, 0.5) is 0 Å². The van der Waals surface area contributed by atoms with E-state index in [2.05, 4.69) is 22.3 Å². The van der Waals surface area contributed by atoms with Gasteiger partial charge in [-0.15, -0.1) is 0 Å². The Labute approximate surface area is 109 Å². The summed E-state index contributed by atoms with van der Waals surface area (Å²) in [5, 5.41) is 4.35. The molecule has 2 aliphatic heterocycles. The van der Waals surface area contributed by atoms with Crippen molar-refractivity contribution in [1.82, 2.24) is 10.0 Å². The van der Waals surface area contributed by atoms with Crippen molar-refractivity contribution in [3.8, 4) is 0 Å². The second-order valence-corrected chi connectivity index (χ2v) is 5.54. The molecule has 4 heteroatoms. The summed E-state index contributed by atoms with van der Waals surface area (Å²) in [5.74, 6) is 0.193. The van der Waals surface area contributed by atoms with Gasteiger partial charge in [0, 0.05) is 25.7 Å². The molecule has 0 bridgehead atoms. The van der Waals surface area contributed by atoms with Gasteiger partial charge in [0.05, 0.1) is 5.92 Å². The van der Waals surface area contributed by atoms with Gasteiger partial charge < -0.3 is 9.75 Å². The number of hydrazine groups is 1. The molecule has 0 aromatic heterocycles. The minimum atomic E-state index is -0.0387. The Kier molecular flexibility index (Phi) is 3.55. The second-order valence-electron chi connectivity index (χ2n) is 5.54. The summed E-state index contributed by atoms with van der Waals surface area (Å²) in [7, 11) is 0. The number of fused-ring (bicyclic) bond motifs is 1. The largest absolute Gasteiger partial charge is 0.444 e. The number of carbonyl (C=O) groups is 1. The van der Waals surface area contributed by atoms with Crippen LogP contribution in [0.1, 0.15) is 44.9 Å². The number of ether oxygens (including phenoxy) is 1. The minimum absolute atomic E-state index is 0.0356. The molecule has 4 nitrogen and oxygen atoms in total. The van der Waals surface area contributed by atoms with Crippen molar-refractivity contribution >= 4 is 5.97 Å². The first kappa shape index (κ1) is 12.0. The zero-order chi connectivity index (χ0) is 12.4. The second kappa shape index (κ2) is 5.31. The molecule has 1 saturated heterocycles. The Morgan fingerprint density at radius 2 is 1.94 bits per heavy atom. The van der Waals surface area contributed by atoms with E-state index in [9.17, 15) is 4.79 Å².